The number of nitrogens with zero attached hydrogens (tertiary/aromatic N) is 13. The quantitative estimate of drug-likeness (QED) is 0.180. The van der Waals surface area contributed by atoms with Crippen LogP contribution in [-0.2, 0) is 19.5 Å². The molecule has 0 saturated heterocycles. The molecule has 0 bridgehead atoms. The van der Waals surface area contributed by atoms with Crippen LogP contribution in [-0.4, -0.2) is 62.2 Å². The molecule has 0 spiro atoms. The fourth-order valence-corrected chi connectivity index (χ4v) is 4.13. The fourth-order valence-electron chi connectivity index (χ4n) is 4.13. The summed E-state index contributed by atoms with van der Waals surface area (Å²) in [6.45, 7) is 36.0. The minimum Gasteiger partial charge on any atom is -0.252 e. The van der Waals surface area contributed by atoms with Crippen LogP contribution in [0.25, 0.3) is 0 Å². The number of tetrazole rings is 1. The SMILES string of the molecule is C.C.C.C.CC(C)CC1N=NC(C(C)C)=N1.CC(C)Cc1cn(C(C)C)nn1.CC(C)Cn1cc(C(C)C)nn1.CC(C)Cn1nnc(C(C)C)n1. The van der Waals surface area contributed by atoms with Crippen molar-refractivity contribution in [3.05, 3.63) is 29.6 Å². The van der Waals surface area contributed by atoms with Crippen molar-refractivity contribution in [1.82, 2.24) is 50.2 Å². The van der Waals surface area contributed by atoms with E-state index in [2.05, 4.69) is 162 Å². The lowest BCUT2D eigenvalue weighted by Crippen LogP contribution is -2.08. The average molecular weight is 734 g/mol. The van der Waals surface area contributed by atoms with Gasteiger partial charge in [-0.1, -0.05) is 137 Å². The highest BCUT2D eigenvalue weighted by atomic mass is 15.6. The van der Waals surface area contributed by atoms with Crippen LogP contribution >= 0.6 is 0 Å². The summed E-state index contributed by atoms with van der Waals surface area (Å²) in [7, 11) is 0. The average Bonchev–Trinajstić information content (AvgIpc) is 3.76. The number of rotatable bonds is 12. The molecule has 0 amide bonds. The number of aliphatic imine (C=N–C) groups is 1. The number of hydrogen-bond acceptors (Lipinski definition) is 10. The van der Waals surface area contributed by atoms with E-state index < -0.39 is 0 Å². The lowest BCUT2D eigenvalue weighted by molar-refractivity contribution is 0.428. The van der Waals surface area contributed by atoms with Crippen LogP contribution in [0, 0.1) is 29.6 Å². The minimum atomic E-state index is 0. The van der Waals surface area contributed by atoms with Crippen molar-refractivity contribution in [2.24, 2.45) is 44.8 Å². The highest BCUT2D eigenvalue weighted by Gasteiger charge is 2.17. The molecule has 304 valence electrons. The monoisotopic (exact) mass is 734 g/mol. The Labute approximate surface area is 320 Å². The molecule has 13 heteroatoms. The Morgan fingerprint density at radius 3 is 1.58 bits per heavy atom. The van der Waals surface area contributed by atoms with Gasteiger partial charge in [0.1, 0.15) is 0 Å². The smallest absolute Gasteiger partial charge is 0.177 e. The summed E-state index contributed by atoms with van der Waals surface area (Å²) < 4.78 is 3.82. The molecular formula is C39H83N13. The van der Waals surface area contributed by atoms with Gasteiger partial charge in [0.15, 0.2) is 17.8 Å². The summed E-state index contributed by atoms with van der Waals surface area (Å²) in [5, 5.41) is 36.5. The van der Waals surface area contributed by atoms with Crippen LogP contribution in [0.3, 0.4) is 0 Å². The molecule has 3 aromatic heterocycles. The Morgan fingerprint density at radius 2 is 1.19 bits per heavy atom. The topological polar surface area (TPSA) is 142 Å². The van der Waals surface area contributed by atoms with E-state index in [4.69, 9.17) is 0 Å². The molecule has 1 aliphatic heterocycles. The molecule has 1 unspecified atom stereocenters. The molecule has 0 fully saturated rings. The first-order valence-electron chi connectivity index (χ1n) is 17.9. The zero-order chi connectivity index (χ0) is 36.6. The molecular weight excluding hydrogens is 651 g/mol. The van der Waals surface area contributed by atoms with Gasteiger partial charge in [-0.25, -0.2) is 9.67 Å². The molecule has 1 atom stereocenters. The summed E-state index contributed by atoms with van der Waals surface area (Å²) in [6, 6.07) is 0.415. The molecule has 0 N–H and O–H groups in total. The van der Waals surface area contributed by atoms with Crippen LogP contribution in [0.1, 0.15) is 182 Å². The van der Waals surface area contributed by atoms with Gasteiger partial charge in [0, 0.05) is 36.8 Å². The largest absolute Gasteiger partial charge is 0.252 e. The van der Waals surface area contributed by atoms with E-state index >= 15 is 0 Å². The second kappa shape index (κ2) is 28.2. The Kier molecular flexibility index (Phi) is 30.0. The second-order valence-corrected chi connectivity index (χ2v) is 15.5. The van der Waals surface area contributed by atoms with Crippen LogP contribution in [0.2, 0.25) is 0 Å². The van der Waals surface area contributed by atoms with Crippen LogP contribution in [0.5, 0.6) is 0 Å². The summed E-state index contributed by atoms with van der Waals surface area (Å²) in [5.74, 6) is 5.48. The minimum absolute atomic E-state index is 0. The van der Waals surface area contributed by atoms with Crippen LogP contribution in [0.15, 0.2) is 27.6 Å². The zero-order valence-corrected chi connectivity index (χ0v) is 33.0. The number of aromatic nitrogens is 10. The van der Waals surface area contributed by atoms with Crippen molar-refractivity contribution in [2.75, 3.05) is 0 Å². The van der Waals surface area contributed by atoms with E-state index in [-0.39, 0.29) is 35.9 Å². The van der Waals surface area contributed by atoms with Crippen LogP contribution in [0.4, 0.5) is 0 Å². The lowest BCUT2D eigenvalue weighted by atomic mass is 10.1. The predicted octanol–water partition coefficient (Wildman–Crippen LogP) is 11.0. The van der Waals surface area contributed by atoms with E-state index in [1.165, 1.54) is 0 Å². The van der Waals surface area contributed by atoms with Gasteiger partial charge in [-0.05, 0) is 61.5 Å². The Bertz CT molecular complexity index is 1200. The normalized spacial score (nSPS) is 13.2. The number of hydrogen-bond donors (Lipinski definition) is 0. The van der Waals surface area contributed by atoms with Gasteiger partial charge in [0.2, 0.25) is 0 Å². The highest BCUT2D eigenvalue weighted by molar-refractivity contribution is 5.85. The Morgan fingerprint density at radius 1 is 0.596 bits per heavy atom. The van der Waals surface area contributed by atoms with Gasteiger partial charge in [0.05, 0.1) is 17.9 Å². The van der Waals surface area contributed by atoms with E-state index in [1.54, 1.807) is 4.80 Å². The maximum atomic E-state index is 4.41. The molecule has 4 rings (SSSR count). The van der Waals surface area contributed by atoms with Crippen molar-refractivity contribution in [2.45, 2.75) is 190 Å². The second-order valence-electron chi connectivity index (χ2n) is 15.5. The van der Waals surface area contributed by atoms with Gasteiger partial charge in [-0.2, -0.15) is 9.91 Å². The summed E-state index contributed by atoms with van der Waals surface area (Å²) >= 11 is 0. The van der Waals surface area contributed by atoms with Gasteiger partial charge >= 0.3 is 0 Å². The summed E-state index contributed by atoms with van der Waals surface area (Å²) in [6.07, 6.45) is 6.20. The Hall–Kier alpha value is -3.38. The molecule has 4 heterocycles. The molecule has 3 aromatic rings. The molecule has 1 aliphatic rings. The van der Waals surface area contributed by atoms with Crippen LogP contribution < -0.4 is 0 Å². The zero-order valence-electron chi connectivity index (χ0n) is 33.0. The fraction of sp³-hybridized carbons (Fsp3) is 0.846. The molecule has 0 radical (unpaired) electrons. The molecule has 0 aromatic carbocycles. The third-order valence-corrected chi connectivity index (χ3v) is 6.69. The van der Waals surface area contributed by atoms with Crippen molar-refractivity contribution in [3.63, 3.8) is 0 Å². The van der Waals surface area contributed by atoms with Crippen molar-refractivity contribution >= 4 is 5.84 Å². The third-order valence-electron chi connectivity index (χ3n) is 6.69. The van der Waals surface area contributed by atoms with Gasteiger partial charge in [0.25, 0.3) is 0 Å². The summed E-state index contributed by atoms with van der Waals surface area (Å²) in [4.78, 5) is 6.08. The lowest BCUT2D eigenvalue weighted by Gasteiger charge is -2.04. The first-order chi connectivity index (χ1) is 22.4. The summed E-state index contributed by atoms with van der Waals surface area (Å²) in [5.41, 5.74) is 2.18. The van der Waals surface area contributed by atoms with Crippen molar-refractivity contribution < 1.29 is 0 Å². The van der Waals surface area contributed by atoms with E-state index in [0.717, 1.165) is 49.0 Å². The Balaban J connectivity index is -0.000000288. The van der Waals surface area contributed by atoms with E-state index in [0.29, 0.717) is 47.5 Å². The third kappa shape index (κ3) is 23.2. The van der Waals surface area contributed by atoms with Crippen molar-refractivity contribution in [1.29, 1.82) is 0 Å². The van der Waals surface area contributed by atoms with Gasteiger partial charge in [-0.15, -0.1) is 25.5 Å². The number of azo groups is 1. The first kappa shape index (κ1) is 55.4. The number of amidine groups is 1. The standard InChI is InChI=1S/3C9H17N3.C8H16N4.4CH4/c1-7(2)5-12-6-9(8(3)4)10-11-12;1-7(2)5-9-6-12(8(3)4)11-10-9;1-6(2)5-8-10-9(7(3)4)12-11-8;1-6(2)5-12-10-8(7(3)4)9-11-12;;;;/h3*6-8H,5H2,1-4H3;6-7H,5H2,1-4H3;4*1H4. The molecule has 52 heavy (non-hydrogen) atoms. The van der Waals surface area contributed by atoms with Crippen molar-refractivity contribution in [3.8, 4) is 0 Å². The molecule has 0 saturated carbocycles. The van der Waals surface area contributed by atoms with E-state index in [1.807, 2.05) is 21.8 Å². The maximum absolute atomic E-state index is 4.41. The van der Waals surface area contributed by atoms with Gasteiger partial charge < -0.3 is 0 Å². The van der Waals surface area contributed by atoms with E-state index in [9.17, 15) is 0 Å². The first-order valence-corrected chi connectivity index (χ1v) is 17.9. The molecule has 13 nitrogen and oxygen atoms in total. The maximum Gasteiger partial charge on any atom is 0.177 e. The highest BCUT2D eigenvalue weighted by Crippen LogP contribution is 2.17. The van der Waals surface area contributed by atoms with Gasteiger partial charge in [-0.3, -0.25) is 4.68 Å². The predicted molar refractivity (Wildman–Crippen MR) is 222 cm³/mol. The molecule has 0 aliphatic carbocycles.